The second kappa shape index (κ2) is 6.45. The molecular formula is C18H12ClN5O2. The van der Waals surface area contributed by atoms with E-state index in [1.54, 1.807) is 48.8 Å². The normalized spacial score (nSPS) is 11.4. The number of anilines is 1. The summed E-state index contributed by atoms with van der Waals surface area (Å²) in [7, 11) is 0. The minimum absolute atomic E-state index is 0.0115. The number of hydrogen-bond acceptors (Lipinski definition) is 6. The molecule has 0 amide bonds. The van der Waals surface area contributed by atoms with Gasteiger partial charge in [0.05, 0.1) is 17.4 Å². The van der Waals surface area contributed by atoms with Crippen molar-refractivity contribution in [3.63, 3.8) is 0 Å². The number of halogens is 1. The fraction of sp³-hybridized carbons (Fsp3) is 0. The van der Waals surface area contributed by atoms with Crippen molar-refractivity contribution in [1.29, 1.82) is 0 Å². The molecule has 4 rings (SSSR count). The number of benzene rings is 1. The molecule has 26 heavy (non-hydrogen) atoms. The van der Waals surface area contributed by atoms with E-state index in [-0.39, 0.29) is 11.4 Å². The lowest BCUT2D eigenvalue weighted by atomic mass is 10.2. The molecule has 8 heteroatoms. The second-order valence-corrected chi connectivity index (χ2v) is 5.91. The molecule has 0 fully saturated rings. The highest BCUT2D eigenvalue weighted by Crippen LogP contribution is 2.24. The van der Waals surface area contributed by atoms with Crippen molar-refractivity contribution in [2.75, 3.05) is 5.43 Å². The van der Waals surface area contributed by atoms with Gasteiger partial charge >= 0.3 is 0 Å². The highest BCUT2D eigenvalue weighted by Gasteiger charge is 2.09. The summed E-state index contributed by atoms with van der Waals surface area (Å²) < 4.78 is 1.34. The molecule has 0 spiro atoms. The van der Waals surface area contributed by atoms with Gasteiger partial charge in [0.2, 0.25) is 5.88 Å². The fourth-order valence-electron chi connectivity index (χ4n) is 2.59. The molecule has 0 bridgehead atoms. The second-order valence-electron chi connectivity index (χ2n) is 5.47. The standard InChI is InChI=1S/C18H12ClN5O2/c19-11-4-5-12-14(6-7-20-15(12)9-11)23-21-10-13-17(25)22-16-3-1-2-8-24(16)18(13)26/h1-10,25H,(H,20,23)/b21-10+. The number of hydrazone groups is 1. The third kappa shape index (κ3) is 2.84. The Kier molecular flexibility index (Phi) is 3.98. The number of aromatic nitrogens is 3. The van der Waals surface area contributed by atoms with Crippen LogP contribution in [0.2, 0.25) is 5.02 Å². The minimum Gasteiger partial charge on any atom is -0.493 e. The smallest absolute Gasteiger partial charge is 0.270 e. The van der Waals surface area contributed by atoms with Crippen molar-refractivity contribution in [3.05, 3.63) is 75.8 Å². The Labute approximate surface area is 152 Å². The maximum absolute atomic E-state index is 12.5. The van der Waals surface area contributed by atoms with Crippen LogP contribution >= 0.6 is 11.6 Å². The zero-order valence-electron chi connectivity index (χ0n) is 13.3. The Morgan fingerprint density at radius 1 is 1.23 bits per heavy atom. The number of aromatic hydroxyl groups is 1. The zero-order chi connectivity index (χ0) is 18.1. The van der Waals surface area contributed by atoms with E-state index in [9.17, 15) is 9.90 Å². The van der Waals surface area contributed by atoms with E-state index in [0.29, 0.717) is 21.9 Å². The van der Waals surface area contributed by atoms with E-state index in [4.69, 9.17) is 11.6 Å². The van der Waals surface area contributed by atoms with Crippen LogP contribution in [-0.2, 0) is 0 Å². The molecule has 0 aliphatic heterocycles. The summed E-state index contributed by atoms with van der Waals surface area (Å²) in [5, 5.41) is 15.5. The van der Waals surface area contributed by atoms with Crippen molar-refractivity contribution < 1.29 is 5.11 Å². The van der Waals surface area contributed by atoms with Crippen LogP contribution in [-0.4, -0.2) is 25.7 Å². The summed E-state index contributed by atoms with van der Waals surface area (Å²) in [6.07, 6.45) is 4.45. The lowest BCUT2D eigenvalue weighted by Crippen LogP contribution is -2.19. The van der Waals surface area contributed by atoms with Gasteiger partial charge < -0.3 is 5.11 Å². The van der Waals surface area contributed by atoms with Crippen molar-refractivity contribution in [2.24, 2.45) is 5.10 Å². The molecule has 1 aromatic carbocycles. The van der Waals surface area contributed by atoms with Gasteiger partial charge in [-0.2, -0.15) is 10.1 Å². The molecule has 0 aliphatic carbocycles. The number of hydrogen-bond donors (Lipinski definition) is 2. The Hall–Kier alpha value is -3.45. The Morgan fingerprint density at radius 3 is 3.00 bits per heavy atom. The van der Waals surface area contributed by atoms with Crippen LogP contribution in [0.5, 0.6) is 5.88 Å². The van der Waals surface area contributed by atoms with E-state index < -0.39 is 5.56 Å². The van der Waals surface area contributed by atoms with Crippen molar-refractivity contribution in [3.8, 4) is 5.88 Å². The van der Waals surface area contributed by atoms with Crippen molar-refractivity contribution in [1.82, 2.24) is 14.4 Å². The summed E-state index contributed by atoms with van der Waals surface area (Å²) in [5.74, 6) is -0.377. The van der Waals surface area contributed by atoms with Crippen LogP contribution in [0.3, 0.4) is 0 Å². The lowest BCUT2D eigenvalue weighted by Gasteiger charge is -2.06. The molecule has 2 N–H and O–H groups in total. The molecule has 0 aliphatic rings. The number of nitrogens with zero attached hydrogens (tertiary/aromatic N) is 4. The van der Waals surface area contributed by atoms with Gasteiger partial charge in [-0.1, -0.05) is 17.7 Å². The highest BCUT2D eigenvalue weighted by atomic mass is 35.5. The van der Waals surface area contributed by atoms with E-state index in [2.05, 4.69) is 20.5 Å². The average Bonchev–Trinajstić information content (AvgIpc) is 2.64. The third-order valence-electron chi connectivity index (χ3n) is 3.83. The molecule has 0 atom stereocenters. The van der Waals surface area contributed by atoms with E-state index >= 15 is 0 Å². The van der Waals surface area contributed by atoms with Crippen LogP contribution in [0.25, 0.3) is 16.6 Å². The number of rotatable bonds is 3. The third-order valence-corrected chi connectivity index (χ3v) is 4.07. The predicted molar refractivity (Wildman–Crippen MR) is 101 cm³/mol. The van der Waals surface area contributed by atoms with E-state index in [1.807, 2.05) is 6.07 Å². The molecule has 0 saturated carbocycles. The van der Waals surface area contributed by atoms with Crippen LogP contribution in [0.4, 0.5) is 5.69 Å². The van der Waals surface area contributed by atoms with Gasteiger partial charge in [-0.15, -0.1) is 0 Å². The first-order valence-electron chi connectivity index (χ1n) is 7.67. The minimum atomic E-state index is -0.412. The first kappa shape index (κ1) is 16.0. The molecule has 7 nitrogen and oxygen atoms in total. The molecule has 3 heterocycles. The number of nitrogens with one attached hydrogen (secondary N) is 1. The summed E-state index contributed by atoms with van der Waals surface area (Å²) >= 11 is 5.98. The lowest BCUT2D eigenvalue weighted by molar-refractivity contribution is 0.452. The molecule has 128 valence electrons. The van der Waals surface area contributed by atoms with Crippen LogP contribution in [0.1, 0.15) is 5.56 Å². The van der Waals surface area contributed by atoms with Gasteiger partial charge in [-0.25, -0.2) is 0 Å². The summed E-state index contributed by atoms with van der Waals surface area (Å²) in [4.78, 5) is 20.7. The quantitative estimate of drug-likeness (QED) is 0.430. The predicted octanol–water partition coefficient (Wildman–Crippen LogP) is 3.05. The van der Waals surface area contributed by atoms with Gasteiger partial charge in [-0.3, -0.25) is 19.6 Å². The topological polar surface area (TPSA) is 91.9 Å². The van der Waals surface area contributed by atoms with Crippen LogP contribution in [0.15, 0.2) is 64.8 Å². The van der Waals surface area contributed by atoms with Gasteiger partial charge in [0, 0.05) is 22.8 Å². The molecule has 3 aromatic heterocycles. The van der Waals surface area contributed by atoms with Crippen LogP contribution in [0, 0.1) is 0 Å². The number of fused-ring (bicyclic) bond motifs is 2. The van der Waals surface area contributed by atoms with Gasteiger partial charge in [0.1, 0.15) is 11.2 Å². The van der Waals surface area contributed by atoms with E-state index in [0.717, 1.165) is 5.39 Å². The Morgan fingerprint density at radius 2 is 2.12 bits per heavy atom. The van der Waals surface area contributed by atoms with Gasteiger partial charge in [0.15, 0.2) is 0 Å². The Balaban J connectivity index is 1.70. The highest BCUT2D eigenvalue weighted by molar-refractivity contribution is 6.31. The maximum Gasteiger partial charge on any atom is 0.270 e. The van der Waals surface area contributed by atoms with E-state index in [1.165, 1.54) is 10.6 Å². The SMILES string of the molecule is O=c1c(/C=N/Nc2ccnc3cc(Cl)ccc23)c(O)nc2ccccn12. The van der Waals surface area contributed by atoms with Crippen LogP contribution < -0.4 is 11.0 Å². The van der Waals surface area contributed by atoms with Crippen molar-refractivity contribution >= 4 is 40.1 Å². The molecule has 0 saturated heterocycles. The summed E-state index contributed by atoms with van der Waals surface area (Å²) in [6, 6.07) is 12.2. The summed E-state index contributed by atoms with van der Waals surface area (Å²) in [6.45, 7) is 0. The van der Waals surface area contributed by atoms with Gasteiger partial charge in [-0.05, 0) is 36.4 Å². The monoisotopic (exact) mass is 365 g/mol. The van der Waals surface area contributed by atoms with Crippen molar-refractivity contribution in [2.45, 2.75) is 0 Å². The largest absolute Gasteiger partial charge is 0.493 e. The fourth-order valence-corrected chi connectivity index (χ4v) is 2.76. The number of pyridine rings is 2. The molecule has 0 radical (unpaired) electrons. The maximum atomic E-state index is 12.5. The molecule has 0 unspecified atom stereocenters. The Bertz CT molecular complexity index is 1220. The first-order chi connectivity index (χ1) is 12.6. The zero-order valence-corrected chi connectivity index (χ0v) is 14.1. The molecule has 4 aromatic rings. The summed E-state index contributed by atoms with van der Waals surface area (Å²) in [5.41, 5.74) is 4.20. The average molecular weight is 366 g/mol. The first-order valence-corrected chi connectivity index (χ1v) is 8.05. The molecular weight excluding hydrogens is 354 g/mol. The van der Waals surface area contributed by atoms with Gasteiger partial charge in [0.25, 0.3) is 5.56 Å².